The van der Waals surface area contributed by atoms with Gasteiger partial charge in [0.05, 0.1) is 18.9 Å². The molecule has 0 radical (unpaired) electrons. The highest BCUT2D eigenvalue weighted by atomic mass is 16.6. The highest BCUT2D eigenvalue weighted by Gasteiger charge is 2.35. The Hall–Kier alpha value is -3.28. The van der Waals surface area contributed by atoms with Gasteiger partial charge in [0.1, 0.15) is 17.9 Å². The van der Waals surface area contributed by atoms with E-state index in [1.165, 1.54) is 6.26 Å². The molecule has 0 N–H and O–H groups in total. The fraction of sp³-hybridized carbons (Fsp3) is 0.158. The summed E-state index contributed by atoms with van der Waals surface area (Å²) in [5, 5.41) is 0. The fourth-order valence-corrected chi connectivity index (χ4v) is 2.31. The Morgan fingerprint density at radius 3 is 2.64 bits per heavy atom. The molecule has 6 heteroatoms. The minimum atomic E-state index is -0.645. The van der Waals surface area contributed by atoms with E-state index < -0.39 is 11.9 Å². The molecule has 1 aromatic carbocycles. The monoisotopic (exact) mass is 340 g/mol. The number of esters is 2. The van der Waals surface area contributed by atoms with Gasteiger partial charge in [-0.2, -0.15) is 0 Å². The summed E-state index contributed by atoms with van der Waals surface area (Å²) in [6, 6.07) is 12.7. The van der Waals surface area contributed by atoms with E-state index in [9.17, 15) is 9.59 Å². The Kier molecular flexibility index (Phi) is 4.99. The van der Waals surface area contributed by atoms with Gasteiger partial charge < -0.3 is 18.6 Å². The van der Waals surface area contributed by atoms with Gasteiger partial charge in [-0.05, 0) is 24.6 Å². The second-order valence-corrected chi connectivity index (χ2v) is 5.11. The Morgan fingerprint density at radius 1 is 1.16 bits per heavy atom. The zero-order valence-electron chi connectivity index (χ0n) is 13.6. The van der Waals surface area contributed by atoms with Crippen LogP contribution in [0, 0.1) is 0 Å². The maximum Gasteiger partial charge on any atom is 0.351 e. The summed E-state index contributed by atoms with van der Waals surface area (Å²) in [5.41, 5.74) is 1.04. The molecule has 0 atom stereocenters. The molecular formula is C19H16O6. The van der Waals surface area contributed by atoms with E-state index in [0.29, 0.717) is 5.76 Å². The summed E-state index contributed by atoms with van der Waals surface area (Å²) in [5.74, 6) is -0.802. The van der Waals surface area contributed by atoms with Gasteiger partial charge in [-0.15, -0.1) is 0 Å². The van der Waals surface area contributed by atoms with Crippen molar-refractivity contribution in [2.24, 2.45) is 0 Å². The Morgan fingerprint density at radius 2 is 1.96 bits per heavy atom. The molecule has 2 aromatic rings. The summed E-state index contributed by atoms with van der Waals surface area (Å²) < 4.78 is 21.1. The van der Waals surface area contributed by atoms with Crippen molar-refractivity contribution in [2.45, 2.75) is 13.5 Å². The molecule has 0 amide bonds. The van der Waals surface area contributed by atoms with Crippen molar-refractivity contribution in [3.05, 3.63) is 77.6 Å². The first kappa shape index (κ1) is 16.6. The first-order valence-corrected chi connectivity index (χ1v) is 7.75. The summed E-state index contributed by atoms with van der Waals surface area (Å²) in [6.07, 6.45) is 2.54. The zero-order chi connectivity index (χ0) is 17.6. The van der Waals surface area contributed by atoms with E-state index in [-0.39, 0.29) is 30.3 Å². The highest BCUT2D eigenvalue weighted by molar-refractivity contribution is 6.20. The molecule has 0 fully saturated rings. The smallest absolute Gasteiger partial charge is 0.351 e. The lowest BCUT2D eigenvalue weighted by molar-refractivity contribution is -0.137. The lowest BCUT2D eigenvalue weighted by atomic mass is 10.1. The van der Waals surface area contributed by atoms with Crippen LogP contribution >= 0.6 is 0 Å². The summed E-state index contributed by atoms with van der Waals surface area (Å²) in [6.45, 7) is 2.11. The molecule has 0 spiro atoms. The SMILES string of the molecule is CCOC(=O)/C=C1\OC(=O)C(c2ccco2)=C1OCc1ccccc1. The van der Waals surface area contributed by atoms with Gasteiger partial charge in [0.2, 0.25) is 0 Å². The first-order valence-electron chi connectivity index (χ1n) is 7.75. The van der Waals surface area contributed by atoms with Crippen molar-refractivity contribution in [1.82, 2.24) is 0 Å². The van der Waals surface area contributed by atoms with Crippen molar-refractivity contribution < 1.29 is 28.2 Å². The van der Waals surface area contributed by atoms with Gasteiger partial charge in [0.15, 0.2) is 11.5 Å². The molecule has 128 valence electrons. The molecule has 1 aliphatic heterocycles. The lowest BCUT2D eigenvalue weighted by Crippen LogP contribution is -2.04. The second kappa shape index (κ2) is 7.53. The predicted molar refractivity (Wildman–Crippen MR) is 87.7 cm³/mol. The normalized spacial score (nSPS) is 15.4. The molecule has 0 saturated carbocycles. The lowest BCUT2D eigenvalue weighted by Gasteiger charge is -2.08. The molecule has 1 aliphatic rings. The van der Waals surface area contributed by atoms with Crippen LogP contribution in [0.1, 0.15) is 18.2 Å². The van der Waals surface area contributed by atoms with Crippen molar-refractivity contribution >= 4 is 17.5 Å². The summed E-state index contributed by atoms with van der Waals surface area (Å²) in [7, 11) is 0. The molecular weight excluding hydrogens is 324 g/mol. The minimum Gasteiger partial charge on any atom is -0.484 e. The molecule has 1 aromatic heterocycles. The van der Waals surface area contributed by atoms with E-state index in [4.69, 9.17) is 18.6 Å². The summed E-state index contributed by atoms with van der Waals surface area (Å²) in [4.78, 5) is 24.0. The van der Waals surface area contributed by atoms with E-state index in [1.807, 2.05) is 30.3 Å². The fourth-order valence-electron chi connectivity index (χ4n) is 2.31. The average molecular weight is 340 g/mol. The number of rotatable bonds is 6. The van der Waals surface area contributed by atoms with Crippen LogP contribution in [0.4, 0.5) is 0 Å². The Bertz CT molecular complexity index is 815. The van der Waals surface area contributed by atoms with Crippen LogP contribution in [0.2, 0.25) is 0 Å². The number of cyclic esters (lactones) is 1. The second-order valence-electron chi connectivity index (χ2n) is 5.11. The van der Waals surface area contributed by atoms with Gasteiger partial charge in [-0.25, -0.2) is 9.59 Å². The molecule has 6 nitrogen and oxygen atoms in total. The molecule has 0 aliphatic carbocycles. The third-order valence-electron chi connectivity index (χ3n) is 3.39. The number of carbonyl (C=O) groups is 2. The largest absolute Gasteiger partial charge is 0.484 e. The van der Waals surface area contributed by atoms with E-state index >= 15 is 0 Å². The highest BCUT2D eigenvalue weighted by Crippen LogP contribution is 2.34. The van der Waals surface area contributed by atoms with E-state index in [2.05, 4.69) is 0 Å². The molecule has 3 rings (SSSR count). The van der Waals surface area contributed by atoms with Gasteiger partial charge in [-0.3, -0.25) is 0 Å². The molecule has 25 heavy (non-hydrogen) atoms. The maximum atomic E-state index is 12.2. The number of ether oxygens (including phenoxy) is 3. The van der Waals surface area contributed by atoms with Crippen LogP contribution < -0.4 is 0 Å². The molecule has 2 heterocycles. The third kappa shape index (κ3) is 3.80. The predicted octanol–water partition coefficient (Wildman–Crippen LogP) is 3.21. The third-order valence-corrected chi connectivity index (χ3v) is 3.39. The van der Waals surface area contributed by atoms with Crippen molar-refractivity contribution in [3.8, 4) is 0 Å². The number of hydrogen-bond donors (Lipinski definition) is 0. The van der Waals surface area contributed by atoms with Gasteiger partial charge in [-0.1, -0.05) is 30.3 Å². The number of hydrogen-bond acceptors (Lipinski definition) is 6. The zero-order valence-corrected chi connectivity index (χ0v) is 13.6. The number of benzene rings is 1. The van der Waals surface area contributed by atoms with Crippen LogP contribution in [0.3, 0.4) is 0 Å². The molecule has 0 saturated heterocycles. The van der Waals surface area contributed by atoms with Crippen LogP contribution in [-0.4, -0.2) is 18.5 Å². The van der Waals surface area contributed by atoms with Crippen LogP contribution in [0.5, 0.6) is 0 Å². The number of furan rings is 1. The van der Waals surface area contributed by atoms with Crippen LogP contribution in [0.15, 0.2) is 70.7 Å². The molecule has 0 unspecified atom stereocenters. The average Bonchev–Trinajstić information content (AvgIpc) is 3.22. The Balaban J connectivity index is 1.94. The summed E-state index contributed by atoms with van der Waals surface area (Å²) >= 11 is 0. The minimum absolute atomic E-state index is 0.00535. The van der Waals surface area contributed by atoms with E-state index in [1.54, 1.807) is 19.1 Å². The van der Waals surface area contributed by atoms with Gasteiger partial charge >= 0.3 is 11.9 Å². The van der Waals surface area contributed by atoms with Gasteiger partial charge in [0.25, 0.3) is 0 Å². The van der Waals surface area contributed by atoms with Gasteiger partial charge in [0, 0.05) is 0 Å². The molecule has 0 bridgehead atoms. The van der Waals surface area contributed by atoms with Crippen molar-refractivity contribution in [1.29, 1.82) is 0 Å². The Labute approximate surface area is 144 Å². The van der Waals surface area contributed by atoms with Crippen molar-refractivity contribution in [2.75, 3.05) is 6.61 Å². The number of carbonyl (C=O) groups excluding carboxylic acids is 2. The van der Waals surface area contributed by atoms with Crippen LogP contribution in [-0.2, 0) is 30.4 Å². The standard InChI is InChI=1S/C19H16O6/c1-2-22-16(20)11-15-18(24-12-13-7-4-3-5-8-13)17(19(21)25-15)14-9-6-10-23-14/h3-11H,2,12H2,1H3/b15-11-. The van der Waals surface area contributed by atoms with Crippen molar-refractivity contribution in [3.63, 3.8) is 0 Å². The first-order chi connectivity index (χ1) is 12.2. The maximum absolute atomic E-state index is 12.2. The van der Waals surface area contributed by atoms with E-state index in [0.717, 1.165) is 11.6 Å². The van der Waals surface area contributed by atoms with Crippen LogP contribution in [0.25, 0.3) is 5.57 Å². The quantitative estimate of drug-likeness (QED) is 0.594. The topological polar surface area (TPSA) is 75.0 Å².